The molecule has 0 atom stereocenters. The number of hydrogen-bond acceptors (Lipinski definition) is 6. The first kappa shape index (κ1) is 26.3. The Morgan fingerprint density at radius 2 is 1.76 bits per heavy atom. The molecule has 0 aliphatic heterocycles. The third-order valence-corrected chi connectivity index (χ3v) is 5.31. The van der Waals surface area contributed by atoms with Crippen LogP contribution in [0.15, 0.2) is 41.0 Å². The second kappa shape index (κ2) is 13.5. The normalized spacial score (nSPS) is 10.8. The Labute approximate surface area is 196 Å². The number of benzene rings is 1. The van der Waals surface area contributed by atoms with Crippen molar-refractivity contribution in [2.75, 3.05) is 47.6 Å². The number of nitrogens with zero attached hydrogens (tertiary/aromatic N) is 2. The highest BCUT2D eigenvalue weighted by atomic mass is 16.5. The summed E-state index contributed by atoms with van der Waals surface area (Å²) in [6.45, 7) is 5.51. The molecule has 0 unspecified atom stereocenters. The molecule has 0 saturated carbocycles. The van der Waals surface area contributed by atoms with Gasteiger partial charge >= 0.3 is 0 Å². The predicted molar refractivity (Wildman–Crippen MR) is 125 cm³/mol. The maximum atomic E-state index is 13.3. The summed E-state index contributed by atoms with van der Waals surface area (Å²) >= 11 is 0. The fourth-order valence-corrected chi connectivity index (χ4v) is 3.48. The van der Waals surface area contributed by atoms with Crippen molar-refractivity contribution in [3.05, 3.63) is 47.9 Å². The molecule has 0 saturated heterocycles. The number of carbonyl (C=O) groups excluding carboxylic acids is 2. The zero-order chi connectivity index (χ0) is 24.2. The molecule has 182 valence electrons. The highest BCUT2D eigenvalue weighted by Gasteiger charge is 2.23. The molecular formula is C25H36N2O6. The maximum absolute atomic E-state index is 13.3. The third-order valence-electron chi connectivity index (χ3n) is 5.31. The highest BCUT2D eigenvalue weighted by molar-refractivity contribution is 5.85. The lowest BCUT2D eigenvalue weighted by Crippen LogP contribution is -2.45. The Hall–Kier alpha value is -3.00. The Bertz CT molecular complexity index is 866. The topological polar surface area (TPSA) is 81.5 Å². The van der Waals surface area contributed by atoms with E-state index < -0.39 is 0 Å². The Balaban J connectivity index is 2.14. The smallest absolute Gasteiger partial charge is 0.242 e. The van der Waals surface area contributed by atoms with Crippen LogP contribution in [0, 0.1) is 5.92 Å². The van der Waals surface area contributed by atoms with Crippen LogP contribution in [0.2, 0.25) is 0 Å². The van der Waals surface area contributed by atoms with Gasteiger partial charge in [0.15, 0.2) is 11.5 Å². The monoisotopic (exact) mass is 460 g/mol. The number of carbonyl (C=O) groups is 2. The molecule has 8 heteroatoms. The fourth-order valence-electron chi connectivity index (χ4n) is 3.48. The number of furan rings is 1. The predicted octanol–water partition coefficient (Wildman–Crippen LogP) is 3.39. The van der Waals surface area contributed by atoms with Crippen LogP contribution in [0.4, 0.5) is 0 Å². The molecule has 2 aromatic rings. The summed E-state index contributed by atoms with van der Waals surface area (Å²) < 4.78 is 21.3. The molecule has 2 rings (SSSR count). The van der Waals surface area contributed by atoms with E-state index in [-0.39, 0.29) is 24.3 Å². The molecule has 1 heterocycles. The number of amides is 2. The van der Waals surface area contributed by atoms with Gasteiger partial charge in [-0.25, -0.2) is 0 Å². The second-order valence-electron chi connectivity index (χ2n) is 8.09. The minimum atomic E-state index is -0.189. The van der Waals surface area contributed by atoms with Crippen LogP contribution >= 0.6 is 0 Å². The summed E-state index contributed by atoms with van der Waals surface area (Å²) in [6.07, 6.45) is 2.88. The van der Waals surface area contributed by atoms with Gasteiger partial charge in [-0.1, -0.05) is 19.9 Å². The lowest BCUT2D eigenvalue weighted by atomic mass is 10.1. The van der Waals surface area contributed by atoms with Crippen LogP contribution < -0.4 is 9.47 Å². The third kappa shape index (κ3) is 8.13. The van der Waals surface area contributed by atoms with E-state index in [9.17, 15) is 9.59 Å². The molecule has 33 heavy (non-hydrogen) atoms. The molecule has 0 N–H and O–H groups in total. The van der Waals surface area contributed by atoms with Gasteiger partial charge in [-0.15, -0.1) is 0 Å². The van der Waals surface area contributed by atoms with Crippen LogP contribution in [-0.4, -0.2) is 69.2 Å². The van der Waals surface area contributed by atoms with E-state index in [4.69, 9.17) is 18.6 Å². The van der Waals surface area contributed by atoms with E-state index in [2.05, 4.69) is 0 Å². The van der Waals surface area contributed by atoms with E-state index in [1.54, 1.807) is 43.5 Å². The van der Waals surface area contributed by atoms with E-state index >= 15 is 0 Å². The average molecular weight is 461 g/mol. The van der Waals surface area contributed by atoms with Gasteiger partial charge in [0.05, 0.1) is 33.6 Å². The lowest BCUT2D eigenvalue weighted by molar-refractivity contribution is -0.143. The van der Waals surface area contributed by atoms with E-state index in [1.807, 2.05) is 38.1 Å². The molecular weight excluding hydrogens is 424 g/mol. The average Bonchev–Trinajstić information content (AvgIpc) is 3.33. The van der Waals surface area contributed by atoms with Gasteiger partial charge in [0.2, 0.25) is 11.8 Å². The summed E-state index contributed by atoms with van der Waals surface area (Å²) in [7, 11) is 4.81. The maximum Gasteiger partial charge on any atom is 0.242 e. The first-order valence-corrected chi connectivity index (χ1v) is 11.2. The second-order valence-corrected chi connectivity index (χ2v) is 8.09. The molecule has 2 amide bonds. The van der Waals surface area contributed by atoms with Crippen molar-refractivity contribution in [2.24, 2.45) is 5.92 Å². The standard InChI is InChI=1S/C25H36N2O6/c1-19(2)25(29)27(12-7-14-30-3)18-24(28)26(17-21-8-6-15-33-21)13-11-20-9-10-22(31-4)23(16-20)32-5/h6,8-10,15-16,19H,7,11-14,17-18H2,1-5H3. The van der Waals surface area contributed by atoms with Crippen molar-refractivity contribution >= 4 is 11.8 Å². The van der Waals surface area contributed by atoms with E-state index in [1.165, 1.54) is 0 Å². The van der Waals surface area contributed by atoms with Crippen molar-refractivity contribution in [3.63, 3.8) is 0 Å². The molecule has 0 spiro atoms. The van der Waals surface area contributed by atoms with Crippen molar-refractivity contribution in [3.8, 4) is 11.5 Å². The first-order valence-electron chi connectivity index (χ1n) is 11.2. The molecule has 0 radical (unpaired) electrons. The van der Waals surface area contributed by atoms with Gasteiger partial charge < -0.3 is 28.4 Å². The van der Waals surface area contributed by atoms with Gasteiger partial charge in [-0.05, 0) is 42.7 Å². The fraction of sp³-hybridized carbons (Fsp3) is 0.520. The Kier molecular flexibility index (Phi) is 10.8. The quantitative estimate of drug-likeness (QED) is 0.402. The number of methoxy groups -OCH3 is 3. The van der Waals surface area contributed by atoms with Crippen LogP contribution in [0.5, 0.6) is 11.5 Å². The molecule has 0 fully saturated rings. The molecule has 0 aliphatic carbocycles. The van der Waals surface area contributed by atoms with Crippen LogP contribution in [0.1, 0.15) is 31.6 Å². The van der Waals surface area contributed by atoms with Crippen LogP contribution in [0.3, 0.4) is 0 Å². The number of hydrogen-bond donors (Lipinski definition) is 0. The SMILES string of the molecule is COCCCN(CC(=O)N(CCc1ccc(OC)c(OC)c1)Cc1ccco1)C(=O)C(C)C. The summed E-state index contributed by atoms with van der Waals surface area (Å²) in [6, 6.07) is 9.35. The van der Waals surface area contributed by atoms with Gasteiger partial charge in [0.25, 0.3) is 0 Å². The number of ether oxygens (including phenoxy) is 3. The Morgan fingerprint density at radius 3 is 2.36 bits per heavy atom. The molecule has 8 nitrogen and oxygen atoms in total. The first-order chi connectivity index (χ1) is 15.9. The minimum Gasteiger partial charge on any atom is -0.493 e. The molecule has 1 aromatic heterocycles. The van der Waals surface area contributed by atoms with Crippen molar-refractivity contribution < 1.29 is 28.2 Å². The van der Waals surface area contributed by atoms with Crippen molar-refractivity contribution in [1.29, 1.82) is 0 Å². The van der Waals surface area contributed by atoms with Gasteiger partial charge in [-0.3, -0.25) is 9.59 Å². The van der Waals surface area contributed by atoms with E-state index in [0.29, 0.717) is 56.3 Å². The molecule has 1 aromatic carbocycles. The van der Waals surface area contributed by atoms with E-state index in [0.717, 1.165) is 5.56 Å². The highest BCUT2D eigenvalue weighted by Crippen LogP contribution is 2.27. The molecule has 0 aliphatic rings. The number of rotatable bonds is 14. The van der Waals surface area contributed by atoms with Crippen LogP contribution in [0.25, 0.3) is 0 Å². The largest absolute Gasteiger partial charge is 0.493 e. The minimum absolute atomic E-state index is 0.0212. The van der Waals surface area contributed by atoms with Crippen molar-refractivity contribution in [1.82, 2.24) is 9.80 Å². The zero-order valence-electron chi connectivity index (χ0n) is 20.3. The van der Waals surface area contributed by atoms with Gasteiger partial charge in [-0.2, -0.15) is 0 Å². The van der Waals surface area contributed by atoms with Gasteiger partial charge in [0, 0.05) is 32.7 Å². The summed E-state index contributed by atoms with van der Waals surface area (Å²) in [4.78, 5) is 29.3. The molecule has 0 bridgehead atoms. The summed E-state index contributed by atoms with van der Waals surface area (Å²) in [5, 5.41) is 0. The van der Waals surface area contributed by atoms with Crippen LogP contribution in [-0.2, 0) is 27.3 Å². The van der Waals surface area contributed by atoms with Gasteiger partial charge in [0.1, 0.15) is 5.76 Å². The summed E-state index contributed by atoms with van der Waals surface area (Å²) in [5.74, 6) is 1.63. The zero-order valence-corrected chi connectivity index (χ0v) is 20.3. The summed E-state index contributed by atoms with van der Waals surface area (Å²) in [5.41, 5.74) is 1.01. The Morgan fingerprint density at radius 1 is 1.00 bits per heavy atom. The van der Waals surface area contributed by atoms with Crippen molar-refractivity contribution in [2.45, 2.75) is 33.2 Å². The lowest BCUT2D eigenvalue weighted by Gasteiger charge is -2.28.